The molecule has 1 rings (SSSR count). The van der Waals surface area contributed by atoms with E-state index in [1.807, 2.05) is 6.92 Å². The van der Waals surface area contributed by atoms with Gasteiger partial charge in [-0.3, -0.25) is 4.79 Å². The van der Waals surface area contributed by atoms with Crippen LogP contribution in [0.3, 0.4) is 0 Å². The molecule has 2 atom stereocenters. The molecule has 1 amide bonds. The van der Waals surface area contributed by atoms with E-state index in [0.717, 1.165) is 6.54 Å². The van der Waals surface area contributed by atoms with Gasteiger partial charge in [0.1, 0.15) is 6.61 Å². The normalized spacial score (nSPS) is 25.4. The maximum atomic E-state index is 11.2. The third kappa shape index (κ3) is 4.49. The van der Waals surface area contributed by atoms with Gasteiger partial charge < -0.3 is 15.8 Å². The molecule has 0 aromatic carbocycles. The first kappa shape index (κ1) is 13.5. The summed E-state index contributed by atoms with van der Waals surface area (Å²) >= 11 is 0. The van der Waals surface area contributed by atoms with Gasteiger partial charge in [-0.2, -0.15) is 0 Å². The summed E-state index contributed by atoms with van der Waals surface area (Å²) in [4.78, 5) is 11.2. The zero-order valence-electron chi connectivity index (χ0n) is 10.2. The second-order valence-electron chi connectivity index (χ2n) is 4.51. The van der Waals surface area contributed by atoms with Gasteiger partial charge in [0.15, 0.2) is 0 Å². The van der Waals surface area contributed by atoms with Crippen molar-refractivity contribution in [3.05, 3.63) is 0 Å². The molecule has 0 spiro atoms. The highest BCUT2D eigenvalue weighted by atomic mass is 16.5. The Labute approximate surface area is 97.9 Å². The number of ether oxygens (including phenoxy) is 1. The first-order valence-corrected chi connectivity index (χ1v) is 6.32. The highest BCUT2D eigenvalue weighted by molar-refractivity contribution is 5.77. The molecule has 0 aromatic heterocycles. The molecule has 0 bridgehead atoms. The summed E-state index contributed by atoms with van der Waals surface area (Å²) < 4.78 is 5.45. The first-order valence-electron chi connectivity index (χ1n) is 6.32. The zero-order chi connectivity index (χ0) is 11.8. The Morgan fingerprint density at radius 3 is 2.69 bits per heavy atom. The van der Waals surface area contributed by atoms with Crippen molar-refractivity contribution in [1.82, 2.24) is 5.32 Å². The molecule has 2 unspecified atom stereocenters. The van der Waals surface area contributed by atoms with Gasteiger partial charge in [-0.1, -0.05) is 12.8 Å². The zero-order valence-corrected chi connectivity index (χ0v) is 10.2. The Balaban J connectivity index is 2.17. The number of likely N-dealkylation sites (N-methyl/N-ethyl adjacent to an activating group) is 1. The van der Waals surface area contributed by atoms with E-state index in [2.05, 4.69) is 5.32 Å². The summed E-state index contributed by atoms with van der Waals surface area (Å²) in [6, 6.07) is 0. The standard InChI is InChI=1S/C12H24N2O2/c1-2-14-12(15)9-16-8-11-6-4-3-5-10(11)7-13/h10-11H,2-9,13H2,1H3,(H,14,15). The van der Waals surface area contributed by atoms with Gasteiger partial charge in [0.25, 0.3) is 0 Å². The van der Waals surface area contributed by atoms with Crippen molar-refractivity contribution in [2.24, 2.45) is 17.6 Å². The molecule has 0 saturated heterocycles. The average molecular weight is 228 g/mol. The minimum atomic E-state index is -0.0254. The smallest absolute Gasteiger partial charge is 0.245 e. The fraction of sp³-hybridized carbons (Fsp3) is 0.917. The molecule has 0 aliphatic heterocycles. The first-order chi connectivity index (χ1) is 7.77. The van der Waals surface area contributed by atoms with Gasteiger partial charge in [0, 0.05) is 6.54 Å². The van der Waals surface area contributed by atoms with Crippen molar-refractivity contribution in [3.63, 3.8) is 0 Å². The monoisotopic (exact) mass is 228 g/mol. The van der Waals surface area contributed by atoms with Crippen molar-refractivity contribution >= 4 is 5.91 Å². The summed E-state index contributed by atoms with van der Waals surface area (Å²) in [6.07, 6.45) is 4.96. The number of amides is 1. The van der Waals surface area contributed by atoms with Crippen molar-refractivity contribution in [1.29, 1.82) is 0 Å². The fourth-order valence-corrected chi connectivity index (χ4v) is 2.37. The van der Waals surface area contributed by atoms with Crippen LogP contribution >= 0.6 is 0 Å². The van der Waals surface area contributed by atoms with Crippen LogP contribution in [0.15, 0.2) is 0 Å². The van der Waals surface area contributed by atoms with Gasteiger partial charge in [0.05, 0.1) is 6.61 Å². The van der Waals surface area contributed by atoms with E-state index in [1.165, 1.54) is 25.7 Å². The lowest BCUT2D eigenvalue weighted by atomic mass is 9.80. The van der Waals surface area contributed by atoms with E-state index < -0.39 is 0 Å². The molecule has 0 aromatic rings. The number of rotatable bonds is 6. The summed E-state index contributed by atoms with van der Waals surface area (Å²) in [5, 5.41) is 2.72. The lowest BCUT2D eigenvalue weighted by Crippen LogP contribution is -2.32. The van der Waals surface area contributed by atoms with Crippen LogP contribution in [-0.2, 0) is 9.53 Å². The van der Waals surface area contributed by atoms with Crippen molar-refractivity contribution in [3.8, 4) is 0 Å². The molecule has 3 N–H and O–H groups in total. The van der Waals surface area contributed by atoms with Gasteiger partial charge >= 0.3 is 0 Å². The van der Waals surface area contributed by atoms with Crippen molar-refractivity contribution in [2.75, 3.05) is 26.3 Å². The third-order valence-corrected chi connectivity index (χ3v) is 3.31. The average Bonchev–Trinajstić information content (AvgIpc) is 2.30. The van der Waals surface area contributed by atoms with Crippen LogP contribution in [-0.4, -0.2) is 32.2 Å². The largest absolute Gasteiger partial charge is 0.371 e. The van der Waals surface area contributed by atoms with E-state index >= 15 is 0 Å². The van der Waals surface area contributed by atoms with Crippen molar-refractivity contribution in [2.45, 2.75) is 32.6 Å². The van der Waals surface area contributed by atoms with E-state index in [1.54, 1.807) is 0 Å². The molecule has 4 nitrogen and oxygen atoms in total. The molecule has 0 radical (unpaired) electrons. The van der Waals surface area contributed by atoms with E-state index in [0.29, 0.717) is 25.0 Å². The number of nitrogens with two attached hydrogens (primary N) is 1. The molecule has 4 heteroatoms. The molecule has 1 fully saturated rings. The van der Waals surface area contributed by atoms with E-state index in [9.17, 15) is 4.79 Å². The summed E-state index contributed by atoms with van der Waals surface area (Å²) in [7, 11) is 0. The molecule has 1 aliphatic carbocycles. The van der Waals surface area contributed by atoms with Crippen LogP contribution in [0.25, 0.3) is 0 Å². The van der Waals surface area contributed by atoms with Crippen LogP contribution in [0.2, 0.25) is 0 Å². The van der Waals surface area contributed by atoms with E-state index in [-0.39, 0.29) is 12.5 Å². The Hall–Kier alpha value is -0.610. The molecule has 16 heavy (non-hydrogen) atoms. The maximum Gasteiger partial charge on any atom is 0.245 e. The lowest BCUT2D eigenvalue weighted by Gasteiger charge is -2.30. The van der Waals surface area contributed by atoms with Gasteiger partial charge in [-0.05, 0) is 38.1 Å². The van der Waals surface area contributed by atoms with Gasteiger partial charge in [-0.15, -0.1) is 0 Å². The third-order valence-electron chi connectivity index (χ3n) is 3.31. The minimum absolute atomic E-state index is 0.0254. The molecular weight excluding hydrogens is 204 g/mol. The predicted octanol–water partition coefficient (Wildman–Crippen LogP) is 0.904. The van der Waals surface area contributed by atoms with Crippen LogP contribution < -0.4 is 11.1 Å². The van der Waals surface area contributed by atoms with Crippen LogP contribution in [0.1, 0.15) is 32.6 Å². The number of hydrogen-bond donors (Lipinski definition) is 2. The van der Waals surface area contributed by atoms with Crippen molar-refractivity contribution < 1.29 is 9.53 Å². The van der Waals surface area contributed by atoms with Gasteiger partial charge in [0.2, 0.25) is 5.91 Å². The molecule has 1 saturated carbocycles. The molecule has 0 heterocycles. The number of hydrogen-bond acceptors (Lipinski definition) is 3. The Morgan fingerprint density at radius 2 is 2.06 bits per heavy atom. The highest BCUT2D eigenvalue weighted by Gasteiger charge is 2.24. The van der Waals surface area contributed by atoms with E-state index in [4.69, 9.17) is 10.5 Å². The maximum absolute atomic E-state index is 11.2. The molecular formula is C12H24N2O2. The quantitative estimate of drug-likeness (QED) is 0.710. The fourth-order valence-electron chi connectivity index (χ4n) is 2.37. The number of nitrogens with one attached hydrogen (secondary N) is 1. The number of carbonyl (C=O) groups is 1. The van der Waals surface area contributed by atoms with Crippen LogP contribution in [0.5, 0.6) is 0 Å². The molecule has 94 valence electrons. The Kier molecular flexibility index (Phi) is 6.42. The minimum Gasteiger partial charge on any atom is -0.371 e. The second kappa shape index (κ2) is 7.63. The topological polar surface area (TPSA) is 64.3 Å². The summed E-state index contributed by atoms with van der Waals surface area (Å²) in [6.45, 7) is 4.18. The Bertz CT molecular complexity index is 209. The second-order valence-corrected chi connectivity index (χ2v) is 4.51. The van der Waals surface area contributed by atoms with Crippen LogP contribution in [0.4, 0.5) is 0 Å². The van der Waals surface area contributed by atoms with Crippen LogP contribution in [0, 0.1) is 11.8 Å². The SMILES string of the molecule is CCNC(=O)COCC1CCCCC1CN. The van der Waals surface area contributed by atoms with Gasteiger partial charge in [-0.25, -0.2) is 0 Å². The number of carbonyl (C=O) groups excluding carboxylic acids is 1. The summed E-state index contributed by atoms with van der Waals surface area (Å²) in [5.41, 5.74) is 5.74. The summed E-state index contributed by atoms with van der Waals surface area (Å²) in [5.74, 6) is 1.11. The lowest BCUT2D eigenvalue weighted by molar-refractivity contribution is -0.126. The molecule has 1 aliphatic rings. The highest BCUT2D eigenvalue weighted by Crippen LogP contribution is 2.29. The Morgan fingerprint density at radius 1 is 1.38 bits per heavy atom. The predicted molar refractivity (Wildman–Crippen MR) is 64.0 cm³/mol.